The van der Waals surface area contributed by atoms with Gasteiger partial charge >= 0.3 is 0 Å². The number of hydrogen-bond donors (Lipinski definition) is 0. The van der Waals surface area contributed by atoms with E-state index >= 15 is 0 Å². The molecule has 2 aromatic heterocycles. The van der Waals surface area contributed by atoms with Crippen LogP contribution in [0.1, 0.15) is 5.56 Å². The van der Waals surface area contributed by atoms with Crippen molar-refractivity contribution >= 4 is 11.3 Å². The Bertz CT molecular complexity index is 1230. The lowest BCUT2D eigenvalue weighted by atomic mass is 10.0. The van der Waals surface area contributed by atoms with Gasteiger partial charge in [0.05, 0.1) is 20.3 Å². The van der Waals surface area contributed by atoms with Crippen molar-refractivity contribution in [1.29, 1.82) is 0 Å². The molecule has 0 spiro atoms. The average Bonchev–Trinajstić information content (AvgIpc) is 3.25. The summed E-state index contributed by atoms with van der Waals surface area (Å²) in [6, 6.07) is 18.7. The van der Waals surface area contributed by atoms with Crippen molar-refractivity contribution in [2.45, 2.75) is 6.54 Å². The van der Waals surface area contributed by atoms with Gasteiger partial charge in [0, 0.05) is 31.4 Å². The molecule has 0 amide bonds. The van der Waals surface area contributed by atoms with Crippen molar-refractivity contribution in [2.24, 2.45) is 0 Å². The summed E-state index contributed by atoms with van der Waals surface area (Å²) in [5.74, 6) is 2.54. The zero-order valence-corrected chi connectivity index (χ0v) is 19.4. The van der Waals surface area contributed by atoms with Gasteiger partial charge in [-0.2, -0.15) is 0 Å². The van der Waals surface area contributed by atoms with Crippen LogP contribution in [-0.2, 0) is 11.3 Å². The zero-order chi connectivity index (χ0) is 22.8. The Morgan fingerprint density at radius 3 is 2.21 bits per heavy atom. The first-order valence-corrected chi connectivity index (χ1v) is 11.2. The summed E-state index contributed by atoms with van der Waals surface area (Å²) in [7, 11) is 5.83. The largest absolute Gasteiger partial charge is 0.497 e. The summed E-state index contributed by atoms with van der Waals surface area (Å²) >= 11 is 0. The van der Waals surface area contributed by atoms with Crippen LogP contribution in [-0.4, -0.2) is 67.0 Å². The molecule has 4 aromatic rings. The van der Waals surface area contributed by atoms with Crippen molar-refractivity contribution in [3.8, 4) is 28.3 Å². The van der Waals surface area contributed by atoms with Crippen molar-refractivity contribution in [2.75, 3.05) is 52.4 Å². The molecule has 3 heterocycles. The first kappa shape index (κ1) is 21.4. The maximum atomic E-state index is 5.57. The smallest absolute Gasteiger partial charge is 0.182 e. The Balaban J connectivity index is 1.52. The monoisotopic (exact) mass is 443 g/mol. The molecular formula is C26H29N5O2. The lowest BCUT2D eigenvalue weighted by Gasteiger charge is -2.28. The van der Waals surface area contributed by atoms with Crippen LogP contribution in [0.5, 0.6) is 5.75 Å². The lowest BCUT2D eigenvalue weighted by Crippen LogP contribution is -2.37. The second-order valence-corrected chi connectivity index (χ2v) is 8.58. The Kier molecular flexibility index (Phi) is 5.98. The topological polar surface area (TPSA) is 55.1 Å². The van der Waals surface area contributed by atoms with E-state index in [2.05, 4.69) is 72.6 Å². The van der Waals surface area contributed by atoms with E-state index in [1.54, 1.807) is 7.11 Å². The van der Waals surface area contributed by atoms with Gasteiger partial charge < -0.3 is 19.3 Å². The summed E-state index contributed by atoms with van der Waals surface area (Å²) in [5, 5.41) is 4.87. The van der Waals surface area contributed by atoms with E-state index in [9.17, 15) is 0 Å². The third kappa shape index (κ3) is 4.55. The van der Waals surface area contributed by atoms with E-state index < -0.39 is 0 Å². The number of benzene rings is 2. The molecule has 33 heavy (non-hydrogen) atoms. The number of rotatable bonds is 6. The molecule has 1 fully saturated rings. The zero-order valence-electron chi connectivity index (χ0n) is 19.4. The molecule has 0 bridgehead atoms. The molecule has 1 aliphatic heterocycles. The van der Waals surface area contributed by atoms with Crippen LogP contribution >= 0.6 is 0 Å². The summed E-state index contributed by atoms with van der Waals surface area (Å²) in [5.41, 5.74) is 5.53. The number of fused-ring (bicyclic) bond motifs is 1. The van der Waals surface area contributed by atoms with Gasteiger partial charge in [-0.15, -0.1) is 5.10 Å². The van der Waals surface area contributed by atoms with Crippen LogP contribution in [0, 0.1) is 0 Å². The predicted molar refractivity (Wildman–Crippen MR) is 131 cm³/mol. The number of morpholine rings is 1. The fourth-order valence-electron chi connectivity index (χ4n) is 4.21. The molecule has 0 unspecified atom stereocenters. The Hall–Kier alpha value is -3.42. The molecule has 5 rings (SSSR count). The Labute approximate surface area is 194 Å². The normalized spacial score (nSPS) is 14.2. The summed E-state index contributed by atoms with van der Waals surface area (Å²) in [6.45, 7) is 3.95. The van der Waals surface area contributed by atoms with Crippen molar-refractivity contribution in [1.82, 2.24) is 19.5 Å². The molecule has 0 N–H and O–H groups in total. The molecule has 7 heteroatoms. The summed E-state index contributed by atoms with van der Waals surface area (Å²) < 4.78 is 12.8. The number of nitrogens with zero attached hydrogens (tertiary/aromatic N) is 5. The number of hydrogen-bond acceptors (Lipinski definition) is 6. The van der Waals surface area contributed by atoms with Gasteiger partial charge in [0.2, 0.25) is 0 Å². The second kappa shape index (κ2) is 9.21. The third-order valence-electron chi connectivity index (χ3n) is 5.88. The minimum Gasteiger partial charge on any atom is -0.497 e. The van der Waals surface area contributed by atoms with Crippen LogP contribution in [0.25, 0.3) is 28.0 Å². The lowest BCUT2D eigenvalue weighted by molar-refractivity contribution is 0.122. The highest BCUT2D eigenvalue weighted by Gasteiger charge is 2.19. The quantitative estimate of drug-likeness (QED) is 0.450. The minimum atomic E-state index is 0.716. The SMILES string of the molecule is COc1ccc(-c2ccc(-c3nc(N4CCOCC4)c4cc(CN(C)C)cn4n3)cc2)cc1. The molecule has 0 radical (unpaired) electrons. The van der Waals surface area contributed by atoms with E-state index in [4.69, 9.17) is 19.6 Å². The van der Waals surface area contributed by atoms with E-state index in [0.29, 0.717) is 13.2 Å². The highest BCUT2D eigenvalue weighted by Crippen LogP contribution is 2.28. The molecule has 1 aliphatic rings. The van der Waals surface area contributed by atoms with Crippen LogP contribution < -0.4 is 9.64 Å². The van der Waals surface area contributed by atoms with E-state index in [-0.39, 0.29) is 0 Å². The third-order valence-corrected chi connectivity index (χ3v) is 5.88. The maximum absolute atomic E-state index is 5.57. The number of methoxy groups -OCH3 is 1. The Morgan fingerprint density at radius 1 is 0.939 bits per heavy atom. The molecule has 0 aliphatic carbocycles. The maximum Gasteiger partial charge on any atom is 0.182 e. The summed E-state index contributed by atoms with van der Waals surface area (Å²) in [4.78, 5) is 9.48. The molecule has 7 nitrogen and oxygen atoms in total. The molecule has 0 atom stereocenters. The minimum absolute atomic E-state index is 0.716. The standard InChI is InChI=1S/C26H29N5O2/c1-29(2)17-19-16-24-26(30-12-14-33-15-13-30)27-25(28-31(24)18-19)22-6-4-20(5-7-22)21-8-10-23(32-3)11-9-21/h4-11,16,18H,12-15,17H2,1-3H3. The first-order chi connectivity index (χ1) is 16.1. The molecular weight excluding hydrogens is 414 g/mol. The highest BCUT2D eigenvalue weighted by molar-refractivity contribution is 5.74. The van der Waals surface area contributed by atoms with E-state index in [1.807, 2.05) is 16.6 Å². The van der Waals surface area contributed by atoms with Gasteiger partial charge in [0.1, 0.15) is 11.3 Å². The van der Waals surface area contributed by atoms with Crippen molar-refractivity contribution in [3.05, 3.63) is 66.4 Å². The fraction of sp³-hybridized carbons (Fsp3) is 0.308. The molecule has 2 aromatic carbocycles. The van der Waals surface area contributed by atoms with Gasteiger partial charge in [0.15, 0.2) is 11.6 Å². The fourth-order valence-corrected chi connectivity index (χ4v) is 4.21. The van der Waals surface area contributed by atoms with Gasteiger partial charge in [-0.25, -0.2) is 9.50 Å². The Morgan fingerprint density at radius 2 is 1.58 bits per heavy atom. The number of anilines is 1. The van der Waals surface area contributed by atoms with E-state index in [1.165, 1.54) is 5.56 Å². The first-order valence-electron chi connectivity index (χ1n) is 11.2. The molecule has 0 saturated carbocycles. The average molecular weight is 444 g/mol. The van der Waals surface area contributed by atoms with Gasteiger partial charge in [-0.05, 0) is 49.0 Å². The predicted octanol–water partition coefficient (Wildman–Crippen LogP) is 3.97. The number of aromatic nitrogens is 3. The highest BCUT2D eigenvalue weighted by atomic mass is 16.5. The second-order valence-electron chi connectivity index (χ2n) is 8.58. The van der Waals surface area contributed by atoms with Gasteiger partial charge in [-0.3, -0.25) is 0 Å². The van der Waals surface area contributed by atoms with Crippen molar-refractivity contribution in [3.63, 3.8) is 0 Å². The van der Waals surface area contributed by atoms with E-state index in [0.717, 1.165) is 59.2 Å². The van der Waals surface area contributed by atoms with Crippen LogP contribution in [0.2, 0.25) is 0 Å². The van der Waals surface area contributed by atoms with Crippen molar-refractivity contribution < 1.29 is 9.47 Å². The van der Waals surface area contributed by atoms with Crippen LogP contribution in [0.15, 0.2) is 60.8 Å². The van der Waals surface area contributed by atoms with Gasteiger partial charge in [-0.1, -0.05) is 36.4 Å². The van der Waals surface area contributed by atoms with Crippen LogP contribution in [0.3, 0.4) is 0 Å². The van der Waals surface area contributed by atoms with Crippen LogP contribution in [0.4, 0.5) is 5.82 Å². The summed E-state index contributed by atoms with van der Waals surface area (Å²) in [6.07, 6.45) is 2.11. The molecule has 1 saturated heterocycles. The molecule has 170 valence electrons. The van der Waals surface area contributed by atoms with Gasteiger partial charge in [0.25, 0.3) is 0 Å². The number of ether oxygens (including phenoxy) is 2.